The van der Waals surface area contributed by atoms with Crippen LogP contribution in [0, 0.1) is 0 Å². The highest BCUT2D eigenvalue weighted by Gasteiger charge is 2.35. The lowest BCUT2D eigenvalue weighted by molar-refractivity contribution is 0.0697. The van der Waals surface area contributed by atoms with Crippen molar-refractivity contribution in [3.05, 3.63) is 63.6 Å². The SMILES string of the molecule is CC1(C)CC(c2cccc(Br)c2)Nc2c(C(=O)O)cccc21. The number of benzene rings is 2. The average molecular weight is 360 g/mol. The number of carboxylic acids is 1. The molecule has 0 fully saturated rings. The van der Waals surface area contributed by atoms with E-state index in [0.29, 0.717) is 5.56 Å². The maximum absolute atomic E-state index is 11.5. The van der Waals surface area contributed by atoms with Gasteiger partial charge in [-0.15, -0.1) is 0 Å². The van der Waals surface area contributed by atoms with Crippen molar-refractivity contribution in [2.45, 2.75) is 31.7 Å². The zero-order chi connectivity index (χ0) is 15.9. The van der Waals surface area contributed by atoms with Crippen LogP contribution in [0.15, 0.2) is 46.9 Å². The summed E-state index contributed by atoms with van der Waals surface area (Å²) < 4.78 is 1.03. The third kappa shape index (κ3) is 2.63. The van der Waals surface area contributed by atoms with E-state index in [0.717, 1.165) is 27.7 Å². The first-order valence-electron chi connectivity index (χ1n) is 7.27. The molecule has 3 rings (SSSR count). The summed E-state index contributed by atoms with van der Waals surface area (Å²) >= 11 is 3.50. The highest BCUT2D eigenvalue weighted by Crippen LogP contribution is 2.45. The Morgan fingerprint density at radius 1 is 1.27 bits per heavy atom. The summed E-state index contributed by atoms with van der Waals surface area (Å²) in [5, 5.41) is 12.9. The maximum Gasteiger partial charge on any atom is 0.337 e. The number of aromatic carboxylic acids is 1. The van der Waals surface area contributed by atoms with Gasteiger partial charge in [0.25, 0.3) is 0 Å². The first-order chi connectivity index (χ1) is 10.4. The van der Waals surface area contributed by atoms with Crippen LogP contribution >= 0.6 is 15.9 Å². The molecule has 2 N–H and O–H groups in total. The Bertz CT molecular complexity index is 740. The maximum atomic E-state index is 11.5. The van der Waals surface area contributed by atoms with Gasteiger partial charge in [0.05, 0.1) is 17.3 Å². The molecule has 0 saturated carbocycles. The van der Waals surface area contributed by atoms with Crippen LogP contribution in [0.3, 0.4) is 0 Å². The lowest BCUT2D eigenvalue weighted by Crippen LogP contribution is -2.32. The van der Waals surface area contributed by atoms with Gasteiger partial charge in [0.1, 0.15) is 0 Å². The number of carbonyl (C=O) groups is 1. The Kier molecular flexibility index (Phi) is 3.73. The molecule has 0 aromatic heterocycles. The van der Waals surface area contributed by atoms with Crippen LogP contribution in [0.4, 0.5) is 5.69 Å². The van der Waals surface area contributed by atoms with Crippen molar-refractivity contribution in [2.75, 3.05) is 5.32 Å². The number of rotatable bonds is 2. The third-order valence-electron chi connectivity index (χ3n) is 4.31. The quantitative estimate of drug-likeness (QED) is 0.794. The summed E-state index contributed by atoms with van der Waals surface area (Å²) in [6, 6.07) is 13.8. The van der Waals surface area contributed by atoms with Crippen molar-refractivity contribution in [1.29, 1.82) is 0 Å². The van der Waals surface area contributed by atoms with E-state index in [1.807, 2.05) is 24.3 Å². The van der Waals surface area contributed by atoms with Crippen molar-refractivity contribution in [3.63, 3.8) is 0 Å². The first kappa shape index (κ1) is 15.1. The number of para-hydroxylation sites is 1. The second kappa shape index (κ2) is 5.43. The summed E-state index contributed by atoms with van der Waals surface area (Å²) in [5.41, 5.74) is 3.23. The monoisotopic (exact) mass is 359 g/mol. The van der Waals surface area contributed by atoms with Gasteiger partial charge in [-0.1, -0.05) is 54.0 Å². The number of hydrogen-bond donors (Lipinski definition) is 2. The molecule has 1 unspecified atom stereocenters. The smallest absolute Gasteiger partial charge is 0.337 e. The molecule has 0 saturated heterocycles. The first-order valence-corrected chi connectivity index (χ1v) is 8.06. The van der Waals surface area contributed by atoms with Crippen LogP contribution in [0.25, 0.3) is 0 Å². The highest BCUT2D eigenvalue weighted by molar-refractivity contribution is 9.10. The highest BCUT2D eigenvalue weighted by atomic mass is 79.9. The normalized spacial score (nSPS) is 19.1. The number of carboxylic acid groups (broad SMARTS) is 1. The van der Waals surface area contributed by atoms with Gasteiger partial charge < -0.3 is 10.4 Å². The van der Waals surface area contributed by atoms with E-state index < -0.39 is 5.97 Å². The van der Waals surface area contributed by atoms with E-state index in [4.69, 9.17) is 0 Å². The van der Waals surface area contributed by atoms with Crippen LogP contribution in [-0.4, -0.2) is 11.1 Å². The molecule has 0 spiro atoms. The zero-order valence-corrected chi connectivity index (χ0v) is 14.1. The van der Waals surface area contributed by atoms with Crippen LogP contribution in [0.5, 0.6) is 0 Å². The molecular formula is C18H18BrNO2. The van der Waals surface area contributed by atoms with Crippen molar-refractivity contribution < 1.29 is 9.90 Å². The Hall–Kier alpha value is -1.81. The summed E-state index contributed by atoms with van der Waals surface area (Å²) in [6.45, 7) is 4.34. The fraction of sp³-hybridized carbons (Fsp3) is 0.278. The molecule has 22 heavy (non-hydrogen) atoms. The second-order valence-electron chi connectivity index (χ2n) is 6.37. The van der Waals surface area contributed by atoms with Crippen molar-refractivity contribution in [2.24, 2.45) is 0 Å². The van der Waals surface area contributed by atoms with Crippen molar-refractivity contribution in [1.82, 2.24) is 0 Å². The summed E-state index contributed by atoms with van der Waals surface area (Å²) in [6.07, 6.45) is 0.916. The molecule has 114 valence electrons. The molecule has 1 heterocycles. The molecule has 0 bridgehead atoms. The average Bonchev–Trinajstić information content (AvgIpc) is 2.45. The van der Waals surface area contributed by atoms with Crippen LogP contribution in [-0.2, 0) is 5.41 Å². The predicted molar refractivity (Wildman–Crippen MR) is 91.6 cm³/mol. The molecule has 2 aromatic carbocycles. The number of fused-ring (bicyclic) bond motifs is 1. The van der Waals surface area contributed by atoms with Gasteiger partial charge in [-0.3, -0.25) is 0 Å². The van der Waals surface area contributed by atoms with E-state index in [-0.39, 0.29) is 11.5 Å². The molecular weight excluding hydrogens is 342 g/mol. The number of hydrogen-bond acceptors (Lipinski definition) is 2. The fourth-order valence-electron chi connectivity index (χ4n) is 3.22. The lowest BCUT2D eigenvalue weighted by Gasteiger charge is -2.39. The van der Waals surface area contributed by atoms with E-state index in [1.165, 1.54) is 0 Å². The van der Waals surface area contributed by atoms with Gasteiger partial charge in [0, 0.05) is 4.47 Å². The third-order valence-corrected chi connectivity index (χ3v) is 4.80. The van der Waals surface area contributed by atoms with Gasteiger partial charge in [0.15, 0.2) is 0 Å². The summed E-state index contributed by atoms with van der Waals surface area (Å²) in [4.78, 5) is 11.5. The number of anilines is 1. The molecule has 2 aromatic rings. The Balaban J connectivity index is 2.10. The van der Waals surface area contributed by atoms with E-state index in [2.05, 4.69) is 47.2 Å². The van der Waals surface area contributed by atoms with Gasteiger partial charge in [-0.05, 0) is 41.2 Å². The number of nitrogens with one attached hydrogen (secondary N) is 1. The van der Waals surface area contributed by atoms with Crippen LogP contribution < -0.4 is 5.32 Å². The van der Waals surface area contributed by atoms with E-state index in [1.54, 1.807) is 6.07 Å². The predicted octanol–water partition coefficient (Wildman–Crippen LogP) is 4.98. The Morgan fingerprint density at radius 3 is 2.68 bits per heavy atom. The fourth-order valence-corrected chi connectivity index (χ4v) is 3.64. The van der Waals surface area contributed by atoms with Gasteiger partial charge in [-0.2, -0.15) is 0 Å². The topological polar surface area (TPSA) is 49.3 Å². The second-order valence-corrected chi connectivity index (χ2v) is 7.29. The molecule has 1 aliphatic rings. The molecule has 1 aliphatic heterocycles. The van der Waals surface area contributed by atoms with Gasteiger partial charge in [0.2, 0.25) is 0 Å². The minimum Gasteiger partial charge on any atom is -0.478 e. The molecule has 4 heteroatoms. The molecule has 0 amide bonds. The van der Waals surface area contributed by atoms with E-state index in [9.17, 15) is 9.90 Å². The molecule has 0 aliphatic carbocycles. The summed E-state index contributed by atoms with van der Waals surface area (Å²) in [5.74, 6) is -0.893. The summed E-state index contributed by atoms with van der Waals surface area (Å²) in [7, 11) is 0. The Labute approximate surface area is 138 Å². The standard InChI is InChI=1S/C18H18BrNO2/c1-18(2)10-15(11-5-3-6-12(19)9-11)20-16-13(17(21)22)7-4-8-14(16)18/h3-9,15,20H,10H2,1-2H3,(H,21,22). The van der Waals surface area contributed by atoms with E-state index >= 15 is 0 Å². The minimum atomic E-state index is -0.893. The zero-order valence-electron chi connectivity index (χ0n) is 12.6. The molecule has 1 atom stereocenters. The molecule has 0 radical (unpaired) electrons. The lowest BCUT2D eigenvalue weighted by atomic mass is 9.73. The van der Waals surface area contributed by atoms with Gasteiger partial charge >= 0.3 is 5.97 Å². The Morgan fingerprint density at radius 2 is 2.00 bits per heavy atom. The largest absolute Gasteiger partial charge is 0.478 e. The van der Waals surface area contributed by atoms with Gasteiger partial charge in [-0.25, -0.2) is 4.79 Å². The number of halogens is 1. The van der Waals surface area contributed by atoms with Crippen LogP contribution in [0.1, 0.15) is 47.8 Å². The van der Waals surface area contributed by atoms with Crippen molar-refractivity contribution >= 4 is 27.6 Å². The van der Waals surface area contributed by atoms with Crippen LogP contribution in [0.2, 0.25) is 0 Å². The minimum absolute atomic E-state index is 0.0843. The van der Waals surface area contributed by atoms with Crippen molar-refractivity contribution in [3.8, 4) is 0 Å². The molecule has 3 nitrogen and oxygen atoms in total.